The van der Waals surface area contributed by atoms with E-state index in [0.29, 0.717) is 19.7 Å². The first-order valence-electron chi connectivity index (χ1n) is 6.05. The first-order chi connectivity index (χ1) is 8.65. The first-order valence-corrected chi connectivity index (χ1v) is 6.05. The molecule has 18 heavy (non-hydrogen) atoms. The third kappa shape index (κ3) is 4.80. The van der Waals surface area contributed by atoms with Crippen molar-refractivity contribution in [2.75, 3.05) is 33.4 Å². The van der Waals surface area contributed by atoms with Crippen LogP contribution in [0.3, 0.4) is 0 Å². The maximum atomic E-state index is 11.7. The van der Waals surface area contributed by atoms with Crippen LogP contribution in [-0.2, 0) is 4.74 Å². The average Bonchev–Trinajstić information content (AvgIpc) is 2.83. The molecule has 0 aliphatic rings. The molecule has 0 radical (unpaired) electrons. The van der Waals surface area contributed by atoms with Gasteiger partial charge in [0.25, 0.3) is 5.91 Å². The van der Waals surface area contributed by atoms with Gasteiger partial charge in [-0.3, -0.25) is 9.89 Å². The van der Waals surface area contributed by atoms with Gasteiger partial charge >= 0.3 is 0 Å². The Labute approximate surface area is 107 Å². The highest BCUT2D eigenvalue weighted by Crippen LogP contribution is 2.07. The number of carbonyl (C=O) groups is 1. The number of nitrogens with one attached hydrogen (secondary N) is 3. The van der Waals surface area contributed by atoms with Crippen molar-refractivity contribution in [2.24, 2.45) is 0 Å². The van der Waals surface area contributed by atoms with Crippen molar-refractivity contribution in [3.63, 3.8) is 0 Å². The van der Waals surface area contributed by atoms with Crippen molar-refractivity contribution in [3.05, 3.63) is 11.6 Å². The minimum Gasteiger partial charge on any atom is -0.383 e. The zero-order chi connectivity index (χ0) is 13.4. The summed E-state index contributed by atoms with van der Waals surface area (Å²) in [6, 6.07) is 0. The number of rotatable bonds is 8. The molecule has 3 N–H and O–H groups in total. The molecule has 0 saturated heterocycles. The van der Waals surface area contributed by atoms with Crippen LogP contribution in [-0.4, -0.2) is 54.4 Å². The second-order valence-electron chi connectivity index (χ2n) is 4.20. The fourth-order valence-corrected chi connectivity index (χ4v) is 1.28. The van der Waals surface area contributed by atoms with Crippen LogP contribution in [0.4, 0.5) is 0 Å². The van der Waals surface area contributed by atoms with Crippen molar-refractivity contribution in [2.45, 2.75) is 19.8 Å². The number of hydrogen-bond donors (Lipinski definition) is 3. The lowest BCUT2D eigenvalue weighted by atomic mass is 10.2. The summed E-state index contributed by atoms with van der Waals surface area (Å²) in [7, 11) is 1.65. The maximum Gasteiger partial charge on any atom is 0.291 e. The van der Waals surface area contributed by atoms with Crippen LogP contribution >= 0.6 is 0 Å². The van der Waals surface area contributed by atoms with Crippen molar-refractivity contribution in [1.29, 1.82) is 0 Å². The van der Waals surface area contributed by atoms with E-state index in [1.165, 1.54) is 0 Å². The van der Waals surface area contributed by atoms with E-state index in [-0.39, 0.29) is 17.6 Å². The number of hydrogen-bond acceptors (Lipinski definition) is 5. The Hall–Kier alpha value is -1.47. The van der Waals surface area contributed by atoms with Crippen LogP contribution in [0.5, 0.6) is 0 Å². The predicted octanol–water partition coefficient (Wildman–Crippen LogP) is -0.106. The zero-order valence-corrected chi connectivity index (χ0v) is 11.1. The molecule has 0 atom stereocenters. The van der Waals surface area contributed by atoms with Crippen LogP contribution in [0.25, 0.3) is 0 Å². The molecule has 7 heteroatoms. The largest absolute Gasteiger partial charge is 0.383 e. The first kappa shape index (κ1) is 14.6. The molecule has 0 aliphatic heterocycles. The lowest BCUT2D eigenvalue weighted by Gasteiger charge is -2.04. The van der Waals surface area contributed by atoms with E-state index in [2.05, 4.69) is 25.8 Å². The Balaban J connectivity index is 2.23. The van der Waals surface area contributed by atoms with Crippen LogP contribution < -0.4 is 10.6 Å². The fraction of sp³-hybridized carbons (Fsp3) is 0.727. The molecule has 1 amide bonds. The van der Waals surface area contributed by atoms with Gasteiger partial charge in [0.05, 0.1) is 6.61 Å². The molecule has 0 aliphatic carbocycles. The quantitative estimate of drug-likeness (QED) is 0.564. The lowest BCUT2D eigenvalue weighted by Crippen LogP contribution is -2.33. The summed E-state index contributed by atoms with van der Waals surface area (Å²) in [5.74, 6) is 0.885. The molecule has 0 aromatic carbocycles. The third-order valence-corrected chi connectivity index (χ3v) is 2.32. The molecule has 7 nitrogen and oxygen atoms in total. The van der Waals surface area contributed by atoms with Gasteiger partial charge < -0.3 is 15.4 Å². The molecule has 1 aromatic heterocycles. The Morgan fingerprint density at radius 1 is 1.39 bits per heavy atom. The number of methoxy groups -OCH3 is 1. The van der Waals surface area contributed by atoms with E-state index in [1.54, 1.807) is 7.11 Å². The Bertz CT molecular complexity index is 364. The molecular formula is C11H21N5O2. The van der Waals surface area contributed by atoms with Crippen LogP contribution in [0.1, 0.15) is 36.2 Å². The van der Waals surface area contributed by atoms with Gasteiger partial charge in [0.15, 0.2) is 0 Å². The molecule has 0 saturated carbocycles. The van der Waals surface area contributed by atoms with Gasteiger partial charge in [0, 0.05) is 32.7 Å². The van der Waals surface area contributed by atoms with Gasteiger partial charge in [-0.15, -0.1) is 5.10 Å². The average molecular weight is 255 g/mol. The number of aromatic amines is 1. The van der Waals surface area contributed by atoms with E-state index in [0.717, 1.165) is 12.4 Å². The van der Waals surface area contributed by atoms with Gasteiger partial charge in [0.1, 0.15) is 5.82 Å². The molecule has 0 unspecified atom stereocenters. The third-order valence-electron chi connectivity index (χ3n) is 2.32. The molecule has 102 valence electrons. The molecule has 1 aromatic rings. The summed E-state index contributed by atoms with van der Waals surface area (Å²) >= 11 is 0. The SMILES string of the molecule is COCCNCCNC(=O)c1n[nH]c(C(C)C)n1. The normalized spacial score (nSPS) is 10.9. The summed E-state index contributed by atoms with van der Waals surface area (Å²) in [6.45, 7) is 6.63. The fourth-order valence-electron chi connectivity index (χ4n) is 1.28. The van der Waals surface area contributed by atoms with E-state index < -0.39 is 0 Å². The van der Waals surface area contributed by atoms with Crippen LogP contribution in [0.15, 0.2) is 0 Å². The summed E-state index contributed by atoms with van der Waals surface area (Å²) in [4.78, 5) is 15.8. The minimum absolute atomic E-state index is 0.190. The summed E-state index contributed by atoms with van der Waals surface area (Å²) in [5.41, 5.74) is 0. The zero-order valence-electron chi connectivity index (χ0n) is 11.1. The van der Waals surface area contributed by atoms with Gasteiger partial charge in [-0.05, 0) is 0 Å². The standard InChI is InChI=1S/C11H21N5O2/c1-8(2)9-14-10(16-15-9)11(17)13-5-4-12-6-7-18-3/h8,12H,4-7H2,1-3H3,(H,13,17)(H,14,15,16). The Kier molecular flexibility index (Phi) is 6.31. The van der Waals surface area contributed by atoms with Crippen molar-refractivity contribution in [1.82, 2.24) is 25.8 Å². The van der Waals surface area contributed by atoms with Gasteiger partial charge in [0.2, 0.25) is 5.82 Å². The van der Waals surface area contributed by atoms with Crippen molar-refractivity contribution in [3.8, 4) is 0 Å². The topological polar surface area (TPSA) is 91.9 Å². The number of carbonyl (C=O) groups excluding carboxylic acids is 1. The maximum absolute atomic E-state index is 11.7. The number of aromatic nitrogens is 3. The van der Waals surface area contributed by atoms with Gasteiger partial charge in [-0.1, -0.05) is 13.8 Å². The van der Waals surface area contributed by atoms with E-state index in [4.69, 9.17) is 4.74 Å². The smallest absolute Gasteiger partial charge is 0.291 e. The number of amides is 1. The molecule has 0 bridgehead atoms. The van der Waals surface area contributed by atoms with Crippen LogP contribution in [0.2, 0.25) is 0 Å². The highest BCUT2D eigenvalue weighted by atomic mass is 16.5. The summed E-state index contributed by atoms with van der Waals surface area (Å²) in [5, 5.41) is 12.5. The van der Waals surface area contributed by atoms with Crippen molar-refractivity contribution >= 4 is 5.91 Å². The van der Waals surface area contributed by atoms with E-state index >= 15 is 0 Å². The molecule has 1 rings (SSSR count). The second kappa shape index (κ2) is 7.78. The Morgan fingerprint density at radius 3 is 2.78 bits per heavy atom. The molecule has 1 heterocycles. The number of H-pyrrole nitrogens is 1. The molecular weight excluding hydrogens is 234 g/mol. The van der Waals surface area contributed by atoms with Gasteiger partial charge in [-0.2, -0.15) is 0 Å². The Morgan fingerprint density at radius 2 is 2.17 bits per heavy atom. The van der Waals surface area contributed by atoms with Crippen LogP contribution in [0, 0.1) is 0 Å². The van der Waals surface area contributed by atoms with Gasteiger partial charge in [-0.25, -0.2) is 4.98 Å². The van der Waals surface area contributed by atoms with Crippen molar-refractivity contribution < 1.29 is 9.53 Å². The molecule has 0 spiro atoms. The summed E-state index contributed by atoms with van der Waals surface area (Å²) < 4.78 is 4.89. The summed E-state index contributed by atoms with van der Waals surface area (Å²) in [6.07, 6.45) is 0. The van der Waals surface area contributed by atoms with E-state index in [9.17, 15) is 4.79 Å². The highest BCUT2D eigenvalue weighted by Gasteiger charge is 2.12. The highest BCUT2D eigenvalue weighted by molar-refractivity contribution is 5.90. The molecule has 0 fully saturated rings. The van der Waals surface area contributed by atoms with E-state index in [1.807, 2.05) is 13.8 Å². The number of ether oxygens (including phenoxy) is 1. The minimum atomic E-state index is -0.258. The lowest BCUT2D eigenvalue weighted by molar-refractivity contribution is 0.0943. The number of nitrogens with zero attached hydrogens (tertiary/aromatic N) is 2. The monoisotopic (exact) mass is 255 g/mol. The predicted molar refractivity (Wildman–Crippen MR) is 67.6 cm³/mol. The second-order valence-corrected chi connectivity index (χ2v) is 4.20.